The second-order valence-electron chi connectivity index (χ2n) is 3.64. The summed E-state index contributed by atoms with van der Waals surface area (Å²) in [6.07, 6.45) is 3.60. The number of hydrogen-bond donors (Lipinski definition) is 2. The summed E-state index contributed by atoms with van der Waals surface area (Å²) >= 11 is 0. The summed E-state index contributed by atoms with van der Waals surface area (Å²) in [4.78, 5) is 10.6. The number of aliphatic carboxylic acids is 1. The second-order valence-corrected chi connectivity index (χ2v) is 3.64. The van der Waals surface area contributed by atoms with E-state index in [1.807, 2.05) is 0 Å². The van der Waals surface area contributed by atoms with Gasteiger partial charge in [-0.25, -0.2) is 0 Å². The Morgan fingerprint density at radius 3 is 2.77 bits per heavy atom. The average Bonchev–Trinajstić information content (AvgIpc) is 2.52. The summed E-state index contributed by atoms with van der Waals surface area (Å²) in [5.41, 5.74) is 1.20. The van der Waals surface area contributed by atoms with Gasteiger partial charge < -0.3 is 10.4 Å². The highest BCUT2D eigenvalue weighted by Gasteiger charge is 2.28. The number of carbonyl (C=O) groups is 1. The van der Waals surface area contributed by atoms with Crippen molar-refractivity contribution in [3.8, 4) is 0 Å². The van der Waals surface area contributed by atoms with Crippen molar-refractivity contribution in [3.05, 3.63) is 12.2 Å². The Labute approximate surface area is 78.8 Å². The molecule has 3 heteroatoms. The lowest BCUT2D eigenvalue weighted by molar-refractivity contribution is -0.139. The van der Waals surface area contributed by atoms with Gasteiger partial charge in [0.2, 0.25) is 0 Å². The van der Waals surface area contributed by atoms with E-state index in [2.05, 4.69) is 18.8 Å². The molecule has 2 atom stereocenters. The molecular weight excluding hydrogens is 166 g/mol. The zero-order valence-corrected chi connectivity index (χ0v) is 8.05. The van der Waals surface area contributed by atoms with Crippen LogP contribution in [0.15, 0.2) is 12.2 Å². The molecule has 0 saturated carbocycles. The molecule has 1 saturated heterocycles. The maximum absolute atomic E-state index is 10.6. The molecule has 1 fully saturated rings. The van der Waals surface area contributed by atoms with Crippen LogP contribution in [0, 0.1) is 0 Å². The van der Waals surface area contributed by atoms with Gasteiger partial charge in [-0.05, 0) is 25.7 Å². The normalized spacial score (nSPS) is 27.5. The molecule has 0 spiro atoms. The third-order valence-electron chi connectivity index (χ3n) is 2.57. The predicted molar refractivity (Wildman–Crippen MR) is 51.6 cm³/mol. The Kier molecular flexibility index (Phi) is 3.48. The van der Waals surface area contributed by atoms with Gasteiger partial charge in [0, 0.05) is 6.04 Å². The first-order valence-corrected chi connectivity index (χ1v) is 4.79. The lowest BCUT2D eigenvalue weighted by Crippen LogP contribution is -2.35. The molecule has 1 rings (SSSR count). The summed E-state index contributed by atoms with van der Waals surface area (Å²) in [5, 5.41) is 11.8. The fourth-order valence-corrected chi connectivity index (χ4v) is 1.67. The van der Waals surface area contributed by atoms with Crippen molar-refractivity contribution in [3.63, 3.8) is 0 Å². The van der Waals surface area contributed by atoms with Crippen molar-refractivity contribution in [2.45, 2.75) is 44.7 Å². The summed E-state index contributed by atoms with van der Waals surface area (Å²) in [6, 6.07) is -0.0109. The van der Waals surface area contributed by atoms with Gasteiger partial charge in [-0.1, -0.05) is 19.1 Å². The van der Waals surface area contributed by atoms with Crippen LogP contribution in [0.4, 0.5) is 0 Å². The largest absolute Gasteiger partial charge is 0.480 e. The molecule has 1 heterocycles. The van der Waals surface area contributed by atoms with E-state index in [1.54, 1.807) is 0 Å². The molecule has 0 radical (unpaired) electrons. The van der Waals surface area contributed by atoms with Crippen molar-refractivity contribution >= 4 is 5.97 Å². The van der Waals surface area contributed by atoms with E-state index >= 15 is 0 Å². The smallest absolute Gasteiger partial charge is 0.320 e. The van der Waals surface area contributed by atoms with E-state index in [1.165, 1.54) is 5.57 Å². The van der Waals surface area contributed by atoms with E-state index in [-0.39, 0.29) is 6.04 Å². The van der Waals surface area contributed by atoms with Crippen molar-refractivity contribution in [1.82, 2.24) is 5.32 Å². The number of carboxylic acids is 1. The predicted octanol–water partition coefficient (Wildman–Crippen LogP) is 1.55. The van der Waals surface area contributed by atoms with Gasteiger partial charge in [-0.15, -0.1) is 0 Å². The Bertz CT molecular complexity index is 213. The zero-order valence-electron chi connectivity index (χ0n) is 8.05. The Morgan fingerprint density at radius 2 is 2.31 bits per heavy atom. The van der Waals surface area contributed by atoms with Crippen LogP contribution >= 0.6 is 0 Å². The molecule has 2 unspecified atom stereocenters. The van der Waals surface area contributed by atoms with Gasteiger partial charge in [0.25, 0.3) is 0 Å². The van der Waals surface area contributed by atoms with Crippen LogP contribution in [0.25, 0.3) is 0 Å². The highest BCUT2D eigenvalue weighted by atomic mass is 16.4. The minimum absolute atomic E-state index is 0.327. The zero-order chi connectivity index (χ0) is 9.84. The molecule has 0 amide bonds. The van der Waals surface area contributed by atoms with Crippen molar-refractivity contribution in [2.24, 2.45) is 0 Å². The fraction of sp³-hybridized carbons (Fsp3) is 0.700. The summed E-state index contributed by atoms with van der Waals surface area (Å²) in [5.74, 6) is -0.732. The topological polar surface area (TPSA) is 49.3 Å². The summed E-state index contributed by atoms with van der Waals surface area (Å²) in [7, 11) is 0. The molecule has 0 aliphatic carbocycles. The van der Waals surface area contributed by atoms with E-state index in [4.69, 9.17) is 5.11 Å². The van der Waals surface area contributed by atoms with Crippen molar-refractivity contribution < 1.29 is 9.90 Å². The molecular formula is C10H17NO2. The Balaban J connectivity index is 2.33. The van der Waals surface area contributed by atoms with Gasteiger partial charge in [-0.3, -0.25) is 4.79 Å². The van der Waals surface area contributed by atoms with Crippen LogP contribution in [-0.2, 0) is 4.79 Å². The first-order chi connectivity index (χ1) is 6.13. The minimum Gasteiger partial charge on any atom is -0.480 e. The molecule has 13 heavy (non-hydrogen) atoms. The van der Waals surface area contributed by atoms with Crippen molar-refractivity contribution in [2.75, 3.05) is 0 Å². The average molecular weight is 183 g/mol. The van der Waals surface area contributed by atoms with Crippen molar-refractivity contribution in [1.29, 1.82) is 0 Å². The number of carboxylic acid groups (broad SMARTS) is 1. The molecule has 1 aliphatic heterocycles. The second kappa shape index (κ2) is 4.42. The number of hydrogen-bond acceptors (Lipinski definition) is 2. The molecule has 0 bridgehead atoms. The maximum Gasteiger partial charge on any atom is 0.320 e. The van der Waals surface area contributed by atoms with Gasteiger partial charge in [-0.2, -0.15) is 0 Å². The number of rotatable bonds is 4. The first-order valence-electron chi connectivity index (χ1n) is 4.79. The molecule has 74 valence electrons. The van der Waals surface area contributed by atoms with E-state index in [0.29, 0.717) is 6.04 Å². The van der Waals surface area contributed by atoms with E-state index in [0.717, 1.165) is 25.7 Å². The highest BCUT2D eigenvalue weighted by Crippen LogP contribution is 2.19. The molecule has 1 aliphatic rings. The molecule has 0 aromatic carbocycles. The molecule has 2 N–H and O–H groups in total. The summed E-state index contributed by atoms with van der Waals surface area (Å²) < 4.78 is 0. The fourth-order valence-electron chi connectivity index (χ4n) is 1.67. The molecule has 3 nitrogen and oxygen atoms in total. The Hall–Kier alpha value is -0.830. The van der Waals surface area contributed by atoms with Crippen LogP contribution in [0.5, 0.6) is 0 Å². The lowest BCUT2D eigenvalue weighted by atomic mass is 10.0. The van der Waals surface area contributed by atoms with Crippen LogP contribution in [-0.4, -0.2) is 23.2 Å². The highest BCUT2D eigenvalue weighted by molar-refractivity contribution is 5.73. The van der Waals surface area contributed by atoms with Crippen LogP contribution < -0.4 is 5.32 Å². The van der Waals surface area contributed by atoms with E-state index in [9.17, 15) is 4.79 Å². The number of nitrogens with one attached hydrogen (secondary N) is 1. The standard InChI is InChI=1S/C10H17NO2/c1-3-7(2)6-8-4-5-9(11-8)10(12)13/h8-9,11H,2-6H2,1H3,(H,12,13). The monoisotopic (exact) mass is 183 g/mol. The molecule has 0 aromatic rings. The SMILES string of the molecule is C=C(CC)CC1CCC(C(=O)O)N1. The Morgan fingerprint density at radius 1 is 1.62 bits per heavy atom. The summed E-state index contributed by atoms with van der Waals surface area (Å²) in [6.45, 7) is 5.99. The lowest BCUT2D eigenvalue weighted by Gasteiger charge is -2.12. The van der Waals surface area contributed by atoms with E-state index < -0.39 is 5.97 Å². The van der Waals surface area contributed by atoms with Crippen LogP contribution in [0.1, 0.15) is 32.6 Å². The van der Waals surface area contributed by atoms with Gasteiger partial charge in [0.15, 0.2) is 0 Å². The van der Waals surface area contributed by atoms with Gasteiger partial charge >= 0.3 is 5.97 Å². The van der Waals surface area contributed by atoms with Crippen LogP contribution in [0.2, 0.25) is 0 Å². The van der Waals surface area contributed by atoms with Gasteiger partial charge in [0.05, 0.1) is 0 Å². The third kappa shape index (κ3) is 2.84. The first kappa shape index (κ1) is 10.3. The third-order valence-corrected chi connectivity index (χ3v) is 2.57. The quantitative estimate of drug-likeness (QED) is 0.650. The molecule has 0 aromatic heterocycles. The minimum atomic E-state index is -0.732. The maximum atomic E-state index is 10.6. The van der Waals surface area contributed by atoms with Gasteiger partial charge in [0.1, 0.15) is 6.04 Å². The van der Waals surface area contributed by atoms with Crippen LogP contribution in [0.3, 0.4) is 0 Å².